The van der Waals surface area contributed by atoms with E-state index in [0.29, 0.717) is 6.54 Å². The Hall–Kier alpha value is -1.39. The van der Waals surface area contributed by atoms with Gasteiger partial charge in [-0.15, -0.1) is 10.2 Å². The number of hydrogen-bond donors (Lipinski definition) is 1. The predicted octanol–water partition coefficient (Wildman–Crippen LogP) is -0.140. The average molecular weight is 180 g/mol. The fraction of sp³-hybridized carbons (Fsp3) is 0.625. The van der Waals surface area contributed by atoms with E-state index in [1.807, 2.05) is 0 Å². The highest BCUT2D eigenvalue weighted by Gasteiger charge is 2.16. The molecule has 1 aliphatic heterocycles. The van der Waals surface area contributed by atoms with Crippen molar-refractivity contribution in [1.82, 2.24) is 20.1 Å². The van der Waals surface area contributed by atoms with Gasteiger partial charge in [0.1, 0.15) is 5.82 Å². The second kappa shape index (κ2) is 3.16. The third kappa shape index (κ3) is 1.54. The standard InChI is InChI=1S/C8H12N4O/c1-6(13)9-5-8-11-10-7-3-2-4-12(7)8/h2-5H2,1H3,(H,9,13). The van der Waals surface area contributed by atoms with Crippen LogP contribution in [0.2, 0.25) is 0 Å². The van der Waals surface area contributed by atoms with Gasteiger partial charge in [0.2, 0.25) is 5.91 Å². The first-order valence-corrected chi connectivity index (χ1v) is 4.43. The number of aryl methyl sites for hydroxylation is 1. The van der Waals surface area contributed by atoms with Gasteiger partial charge in [0, 0.05) is 19.9 Å². The van der Waals surface area contributed by atoms with Gasteiger partial charge < -0.3 is 9.88 Å². The molecule has 0 saturated heterocycles. The van der Waals surface area contributed by atoms with E-state index in [9.17, 15) is 4.79 Å². The van der Waals surface area contributed by atoms with Gasteiger partial charge in [0.25, 0.3) is 0 Å². The van der Waals surface area contributed by atoms with Crippen molar-refractivity contribution in [3.63, 3.8) is 0 Å². The zero-order valence-corrected chi connectivity index (χ0v) is 7.58. The van der Waals surface area contributed by atoms with Crippen LogP contribution in [-0.4, -0.2) is 20.7 Å². The first-order valence-electron chi connectivity index (χ1n) is 4.43. The molecule has 0 saturated carbocycles. The number of rotatable bonds is 2. The minimum atomic E-state index is -0.0321. The number of carbonyl (C=O) groups is 1. The molecule has 0 fully saturated rings. The van der Waals surface area contributed by atoms with Crippen molar-refractivity contribution >= 4 is 5.91 Å². The Morgan fingerprint density at radius 1 is 1.62 bits per heavy atom. The number of hydrogen-bond acceptors (Lipinski definition) is 3. The molecule has 0 spiro atoms. The summed E-state index contributed by atoms with van der Waals surface area (Å²) >= 11 is 0. The van der Waals surface area contributed by atoms with Crippen LogP contribution in [0.15, 0.2) is 0 Å². The third-order valence-electron chi connectivity index (χ3n) is 2.18. The van der Waals surface area contributed by atoms with Crippen LogP contribution >= 0.6 is 0 Å². The van der Waals surface area contributed by atoms with Crippen LogP contribution in [0.5, 0.6) is 0 Å². The number of carbonyl (C=O) groups excluding carboxylic acids is 1. The average Bonchev–Trinajstić information content (AvgIpc) is 2.60. The van der Waals surface area contributed by atoms with Gasteiger partial charge >= 0.3 is 0 Å². The first kappa shape index (κ1) is 8.22. The van der Waals surface area contributed by atoms with E-state index in [0.717, 1.165) is 31.0 Å². The molecule has 0 aliphatic carbocycles. The Bertz CT molecular complexity index is 331. The molecule has 0 unspecified atom stereocenters. The molecule has 1 aliphatic rings. The van der Waals surface area contributed by atoms with Gasteiger partial charge in [-0.3, -0.25) is 4.79 Å². The molecule has 2 heterocycles. The fourth-order valence-electron chi connectivity index (χ4n) is 1.55. The summed E-state index contributed by atoms with van der Waals surface area (Å²) in [5.41, 5.74) is 0. The molecule has 1 aromatic rings. The van der Waals surface area contributed by atoms with E-state index in [4.69, 9.17) is 0 Å². The summed E-state index contributed by atoms with van der Waals surface area (Å²) in [6, 6.07) is 0. The lowest BCUT2D eigenvalue weighted by atomic mass is 10.4. The Kier molecular flexibility index (Phi) is 2.00. The van der Waals surface area contributed by atoms with Crippen molar-refractivity contribution in [2.45, 2.75) is 32.9 Å². The number of aromatic nitrogens is 3. The fourth-order valence-corrected chi connectivity index (χ4v) is 1.55. The van der Waals surface area contributed by atoms with Crippen LogP contribution in [0.25, 0.3) is 0 Å². The van der Waals surface area contributed by atoms with E-state index in [1.54, 1.807) is 0 Å². The second-order valence-electron chi connectivity index (χ2n) is 3.20. The van der Waals surface area contributed by atoms with E-state index < -0.39 is 0 Å². The molecule has 13 heavy (non-hydrogen) atoms. The quantitative estimate of drug-likeness (QED) is 0.689. The minimum absolute atomic E-state index is 0.0321. The Balaban J connectivity index is 2.08. The molecule has 5 heteroatoms. The third-order valence-corrected chi connectivity index (χ3v) is 2.18. The predicted molar refractivity (Wildman–Crippen MR) is 45.9 cm³/mol. The van der Waals surface area contributed by atoms with E-state index in [1.165, 1.54) is 6.92 Å². The summed E-state index contributed by atoms with van der Waals surface area (Å²) in [5.74, 6) is 1.87. The zero-order valence-electron chi connectivity index (χ0n) is 7.58. The summed E-state index contributed by atoms with van der Waals surface area (Å²) < 4.78 is 2.08. The summed E-state index contributed by atoms with van der Waals surface area (Å²) in [7, 11) is 0. The van der Waals surface area contributed by atoms with Crippen molar-refractivity contribution in [3.8, 4) is 0 Å². The molecule has 1 amide bonds. The first-order chi connectivity index (χ1) is 6.27. The number of nitrogens with zero attached hydrogens (tertiary/aromatic N) is 3. The minimum Gasteiger partial charge on any atom is -0.349 e. The van der Waals surface area contributed by atoms with Crippen molar-refractivity contribution < 1.29 is 4.79 Å². The number of amides is 1. The van der Waals surface area contributed by atoms with Gasteiger partial charge in [0.05, 0.1) is 6.54 Å². The van der Waals surface area contributed by atoms with E-state index >= 15 is 0 Å². The molecule has 2 rings (SSSR count). The monoisotopic (exact) mass is 180 g/mol. The molecule has 0 bridgehead atoms. The topological polar surface area (TPSA) is 59.8 Å². The van der Waals surface area contributed by atoms with Crippen LogP contribution in [0, 0.1) is 0 Å². The molecule has 5 nitrogen and oxygen atoms in total. The summed E-state index contributed by atoms with van der Waals surface area (Å²) in [6.45, 7) is 2.97. The van der Waals surface area contributed by atoms with Crippen LogP contribution in [-0.2, 0) is 24.3 Å². The molecule has 0 radical (unpaired) electrons. The van der Waals surface area contributed by atoms with Gasteiger partial charge in [-0.1, -0.05) is 0 Å². The summed E-state index contributed by atoms with van der Waals surface area (Å²) in [6.07, 6.45) is 2.14. The highest BCUT2D eigenvalue weighted by atomic mass is 16.1. The molecule has 1 N–H and O–H groups in total. The van der Waals surface area contributed by atoms with Crippen molar-refractivity contribution in [3.05, 3.63) is 11.6 Å². The zero-order chi connectivity index (χ0) is 9.26. The lowest BCUT2D eigenvalue weighted by Gasteiger charge is -2.02. The van der Waals surface area contributed by atoms with Crippen molar-refractivity contribution in [1.29, 1.82) is 0 Å². The van der Waals surface area contributed by atoms with Crippen LogP contribution in [0.1, 0.15) is 25.0 Å². The lowest BCUT2D eigenvalue weighted by molar-refractivity contribution is -0.119. The second-order valence-corrected chi connectivity index (χ2v) is 3.20. The maximum atomic E-state index is 10.7. The smallest absolute Gasteiger partial charge is 0.217 e. The molecule has 1 aromatic heterocycles. The van der Waals surface area contributed by atoms with Crippen molar-refractivity contribution in [2.75, 3.05) is 0 Å². The van der Waals surface area contributed by atoms with Gasteiger partial charge in [-0.25, -0.2) is 0 Å². The lowest BCUT2D eigenvalue weighted by Crippen LogP contribution is -2.21. The highest BCUT2D eigenvalue weighted by molar-refractivity contribution is 5.72. The molecular weight excluding hydrogens is 168 g/mol. The molecule has 70 valence electrons. The SMILES string of the molecule is CC(=O)NCc1nnc2n1CCC2. The van der Waals surface area contributed by atoms with Crippen molar-refractivity contribution in [2.24, 2.45) is 0 Å². The maximum absolute atomic E-state index is 10.7. The van der Waals surface area contributed by atoms with Gasteiger partial charge in [-0.2, -0.15) is 0 Å². The van der Waals surface area contributed by atoms with E-state index in [2.05, 4.69) is 20.1 Å². The van der Waals surface area contributed by atoms with Crippen LogP contribution < -0.4 is 5.32 Å². The summed E-state index contributed by atoms with van der Waals surface area (Å²) in [5, 5.41) is 10.8. The Labute approximate surface area is 76.2 Å². The number of nitrogens with one attached hydrogen (secondary N) is 1. The summed E-state index contributed by atoms with van der Waals surface area (Å²) in [4.78, 5) is 10.7. The largest absolute Gasteiger partial charge is 0.349 e. The number of fused-ring (bicyclic) bond motifs is 1. The normalized spacial score (nSPS) is 14.2. The van der Waals surface area contributed by atoms with Gasteiger partial charge in [-0.05, 0) is 6.42 Å². The van der Waals surface area contributed by atoms with E-state index in [-0.39, 0.29) is 5.91 Å². The highest BCUT2D eigenvalue weighted by Crippen LogP contribution is 2.13. The molecule has 0 aromatic carbocycles. The van der Waals surface area contributed by atoms with Gasteiger partial charge in [0.15, 0.2) is 5.82 Å². The Morgan fingerprint density at radius 3 is 3.23 bits per heavy atom. The maximum Gasteiger partial charge on any atom is 0.217 e. The van der Waals surface area contributed by atoms with Crippen LogP contribution in [0.4, 0.5) is 0 Å². The molecular formula is C8H12N4O. The Morgan fingerprint density at radius 2 is 2.46 bits per heavy atom. The van der Waals surface area contributed by atoms with Crippen LogP contribution in [0.3, 0.4) is 0 Å². The molecule has 0 atom stereocenters.